The third-order valence-electron chi connectivity index (χ3n) is 3.16. The molecule has 7 heteroatoms. The lowest BCUT2D eigenvalue weighted by Crippen LogP contribution is -2.10. The van der Waals surface area contributed by atoms with Gasteiger partial charge in [-0.05, 0) is 30.7 Å². The zero-order chi connectivity index (χ0) is 14.2. The number of ether oxygens (including phenoxy) is 1. The molecule has 1 aromatic heterocycles. The predicted octanol–water partition coefficient (Wildman–Crippen LogP) is 2.62. The van der Waals surface area contributed by atoms with Crippen molar-refractivity contribution < 1.29 is 9.53 Å². The SMILES string of the molecule is O=C(OCC1CC1(Cl)Cl)c1ccc(-n2cncn2)cc1. The molecular weight excluding hydrogens is 301 g/mol. The van der Waals surface area contributed by atoms with Crippen LogP contribution in [0.5, 0.6) is 0 Å². The summed E-state index contributed by atoms with van der Waals surface area (Å²) in [7, 11) is 0. The highest BCUT2D eigenvalue weighted by Gasteiger charge is 2.52. The lowest BCUT2D eigenvalue weighted by molar-refractivity contribution is 0.0485. The van der Waals surface area contributed by atoms with Gasteiger partial charge in [0.15, 0.2) is 0 Å². The average Bonchev–Trinajstić information content (AvgIpc) is 2.84. The van der Waals surface area contributed by atoms with E-state index in [4.69, 9.17) is 27.9 Å². The molecule has 5 nitrogen and oxygen atoms in total. The summed E-state index contributed by atoms with van der Waals surface area (Å²) in [5.74, 6) is -0.352. The van der Waals surface area contributed by atoms with Crippen LogP contribution < -0.4 is 0 Å². The van der Waals surface area contributed by atoms with E-state index in [1.54, 1.807) is 35.3 Å². The monoisotopic (exact) mass is 311 g/mol. The first kappa shape index (κ1) is 13.4. The number of aromatic nitrogens is 3. The molecular formula is C13H11Cl2N3O2. The molecule has 0 bridgehead atoms. The van der Waals surface area contributed by atoms with Gasteiger partial charge >= 0.3 is 5.97 Å². The van der Waals surface area contributed by atoms with Crippen LogP contribution in [0.1, 0.15) is 16.8 Å². The van der Waals surface area contributed by atoms with Gasteiger partial charge in [-0.3, -0.25) is 0 Å². The second-order valence-corrected chi connectivity index (χ2v) is 6.19. The van der Waals surface area contributed by atoms with Gasteiger partial charge in [0, 0.05) is 5.92 Å². The average molecular weight is 312 g/mol. The molecule has 0 radical (unpaired) electrons. The van der Waals surface area contributed by atoms with Crippen LogP contribution in [0.3, 0.4) is 0 Å². The van der Waals surface area contributed by atoms with Crippen molar-refractivity contribution in [2.75, 3.05) is 6.61 Å². The Hall–Kier alpha value is -1.59. The molecule has 2 aromatic rings. The maximum absolute atomic E-state index is 11.8. The van der Waals surface area contributed by atoms with E-state index in [2.05, 4.69) is 10.1 Å². The Labute approximate surface area is 125 Å². The van der Waals surface area contributed by atoms with Crippen molar-refractivity contribution in [2.45, 2.75) is 10.8 Å². The molecule has 1 atom stereocenters. The van der Waals surface area contributed by atoms with Crippen molar-refractivity contribution in [3.05, 3.63) is 42.5 Å². The molecule has 1 heterocycles. The van der Waals surface area contributed by atoms with Crippen molar-refractivity contribution in [3.8, 4) is 5.69 Å². The highest BCUT2D eigenvalue weighted by molar-refractivity contribution is 6.50. The molecule has 104 valence electrons. The Morgan fingerprint density at radius 1 is 1.40 bits per heavy atom. The summed E-state index contributed by atoms with van der Waals surface area (Å²) < 4.78 is 6.06. The molecule has 20 heavy (non-hydrogen) atoms. The second kappa shape index (κ2) is 5.07. The third-order valence-corrected chi connectivity index (χ3v) is 4.08. The minimum atomic E-state index is -0.725. The summed E-state index contributed by atoms with van der Waals surface area (Å²) in [4.78, 5) is 15.7. The third kappa shape index (κ3) is 2.78. The Morgan fingerprint density at radius 2 is 2.10 bits per heavy atom. The van der Waals surface area contributed by atoms with Crippen molar-refractivity contribution in [2.24, 2.45) is 5.92 Å². The molecule has 1 fully saturated rings. The fourth-order valence-electron chi connectivity index (χ4n) is 1.80. The van der Waals surface area contributed by atoms with E-state index in [0.29, 0.717) is 12.0 Å². The van der Waals surface area contributed by atoms with Crippen LogP contribution in [0.15, 0.2) is 36.9 Å². The van der Waals surface area contributed by atoms with E-state index in [9.17, 15) is 4.79 Å². The van der Waals surface area contributed by atoms with Gasteiger partial charge in [-0.15, -0.1) is 23.2 Å². The van der Waals surface area contributed by atoms with Crippen LogP contribution in [-0.4, -0.2) is 31.7 Å². The summed E-state index contributed by atoms with van der Waals surface area (Å²) in [6.45, 7) is 0.247. The van der Waals surface area contributed by atoms with Crippen LogP contribution in [0.25, 0.3) is 5.69 Å². The number of halogens is 2. The first-order valence-corrected chi connectivity index (χ1v) is 6.82. The number of hydrogen-bond donors (Lipinski definition) is 0. The molecule has 1 unspecified atom stereocenters. The summed E-state index contributed by atoms with van der Waals surface area (Å²) >= 11 is 11.7. The smallest absolute Gasteiger partial charge is 0.338 e. The van der Waals surface area contributed by atoms with Crippen molar-refractivity contribution >= 4 is 29.2 Å². The first-order valence-electron chi connectivity index (χ1n) is 6.06. The minimum Gasteiger partial charge on any atom is -0.462 e. The highest BCUT2D eigenvalue weighted by atomic mass is 35.5. The van der Waals surface area contributed by atoms with Crippen molar-refractivity contribution in [1.82, 2.24) is 14.8 Å². The molecule has 1 saturated carbocycles. The van der Waals surface area contributed by atoms with Crippen molar-refractivity contribution in [3.63, 3.8) is 0 Å². The number of benzene rings is 1. The van der Waals surface area contributed by atoms with Gasteiger partial charge < -0.3 is 4.74 Å². The fraction of sp³-hybridized carbons (Fsp3) is 0.308. The number of nitrogens with zero attached hydrogens (tertiary/aromatic N) is 3. The van der Waals surface area contributed by atoms with Crippen LogP contribution in [0.4, 0.5) is 0 Å². The normalized spacial score (nSPS) is 19.6. The number of esters is 1. The van der Waals surface area contributed by atoms with E-state index in [1.807, 2.05) is 0 Å². The van der Waals surface area contributed by atoms with Crippen LogP contribution in [0, 0.1) is 5.92 Å². The summed E-state index contributed by atoms with van der Waals surface area (Å²) in [6.07, 6.45) is 3.69. The fourth-order valence-corrected chi connectivity index (χ4v) is 2.30. The van der Waals surface area contributed by atoms with Gasteiger partial charge in [0.05, 0.1) is 17.9 Å². The second-order valence-electron chi connectivity index (χ2n) is 4.65. The van der Waals surface area contributed by atoms with Crippen LogP contribution in [0.2, 0.25) is 0 Å². The molecule has 0 N–H and O–H groups in total. The Balaban J connectivity index is 1.61. The number of alkyl halides is 2. The molecule has 0 amide bonds. The Kier molecular flexibility index (Phi) is 3.40. The maximum atomic E-state index is 11.8. The van der Waals surface area contributed by atoms with E-state index >= 15 is 0 Å². The summed E-state index contributed by atoms with van der Waals surface area (Å²) in [5, 5.41) is 4.00. The zero-order valence-electron chi connectivity index (χ0n) is 10.4. The number of carbonyl (C=O) groups excluding carboxylic acids is 1. The van der Waals surface area contributed by atoms with Crippen LogP contribution >= 0.6 is 23.2 Å². The van der Waals surface area contributed by atoms with Gasteiger partial charge in [0.1, 0.15) is 17.0 Å². The zero-order valence-corrected chi connectivity index (χ0v) is 11.9. The predicted molar refractivity (Wildman–Crippen MR) is 74.2 cm³/mol. The van der Waals surface area contributed by atoms with E-state index in [0.717, 1.165) is 5.69 Å². The van der Waals surface area contributed by atoms with Crippen LogP contribution in [-0.2, 0) is 4.74 Å². The molecule has 1 aromatic carbocycles. The quantitative estimate of drug-likeness (QED) is 0.643. The van der Waals surface area contributed by atoms with Crippen molar-refractivity contribution in [1.29, 1.82) is 0 Å². The largest absolute Gasteiger partial charge is 0.462 e. The van der Waals surface area contributed by atoms with E-state index in [1.165, 1.54) is 6.33 Å². The minimum absolute atomic E-state index is 0.0317. The molecule has 1 aliphatic carbocycles. The first-order chi connectivity index (χ1) is 9.56. The molecule has 0 aliphatic heterocycles. The van der Waals surface area contributed by atoms with Gasteiger partial charge in [-0.1, -0.05) is 0 Å². The number of carbonyl (C=O) groups is 1. The number of rotatable bonds is 4. The Morgan fingerprint density at radius 3 is 2.65 bits per heavy atom. The lowest BCUT2D eigenvalue weighted by atomic mass is 10.2. The molecule has 0 spiro atoms. The Bertz CT molecular complexity index is 611. The van der Waals surface area contributed by atoms with Gasteiger partial charge in [-0.25, -0.2) is 14.5 Å². The molecule has 3 rings (SSSR count). The maximum Gasteiger partial charge on any atom is 0.338 e. The highest BCUT2D eigenvalue weighted by Crippen LogP contribution is 2.53. The molecule has 0 saturated heterocycles. The summed E-state index contributed by atoms with van der Waals surface area (Å²) in [6, 6.07) is 6.91. The topological polar surface area (TPSA) is 57.0 Å². The van der Waals surface area contributed by atoms with E-state index in [-0.39, 0.29) is 18.5 Å². The number of hydrogen-bond acceptors (Lipinski definition) is 4. The standard InChI is InChI=1S/C13H11Cl2N3O2/c14-13(15)5-10(13)6-20-12(19)9-1-3-11(4-2-9)18-8-16-7-17-18/h1-4,7-8,10H,5-6H2. The van der Waals surface area contributed by atoms with Gasteiger partial charge in [0.2, 0.25) is 0 Å². The lowest BCUT2D eigenvalue weighted by Gasteiger charge is -2.06. The van der Waals surface area contributed by atoms with E-state index < -0.39 is 4.33 Å². The van der Waals surface area contributed by atoms with Gasteiger partial charge in [-0.2, -0.15) is 5.10 Å². The molecule has 1 aliphatic rings. The van der Waals surface area contributed by atoms with Gasteiger partial charge in [0.25, 0.3) is 0 Å². The summed E-state index contributed by atoms with van der Waals surface area (Å²) in [5.41, 5.74) is 1.30.